The molecule has 168 valence electrons. The molecule has 7 heteroatoms. The van der Waals surface area contributed by atoms with Gasteiger partial charge < -0.3 is 4.90 Å². The minimum atomic E-state index is -0.804. The number of urea groups is 1. The van der Waals surface area contributed by atoms with Crippen molar-refractivity contribution in [2.75, 3.05) is 19.6 Å². The summed E-state index contributed by atoms with van der Waals surface area (Å²) in [6, 6.07) is -0.544. The summed E-state index contributed by atoms with van der Waals surface area (Å²) in [5.41, 5.74) is -0.489. The minimum absolute atomic E-state index is 0.189. The van der Waals surface area contributed by atoms with Crippen LogP contribution in [0.1, 0.15) is 70.6 Å². The summed E-state index contributed by atoms with van der Waals surface area (Å²) in [5.74, 6) is 1.25. The number of hydrogen-bond acceptors (Lipinski definition) is 4. The van der Waals surface area contributed by atoms with E-state index >= 15 is 0 Å². The van der Waals surface area contributed by atoms with Gasteiger partial charge in [-0.1, -0.05) is 19.3 Å². The van der Waals surface area contributed by atoms with Gasteiger partial charge in [0.2, 0.25) is 5.91 Å². The van der Waals surface area contributed by atoms with Crippen LogP contribution in [0.5, 0.6) is 0 Å². The number of likely N-dealkylation sites (tertiary alicyclic amines) is 1. The maximum atomic E-state index is 13.3. The maximum absolute atomic E-state index is 13.3. The average molecular weight is 428 g/mol. The second-order valence-electron chi connectivity index (χ2n) is 11.4. The highest BCUT2D eigenvalue weighted by molar-refractivity contribution is 6.45. The molecule has 5 aliphatic carbocycles. The minimum Gasteiger partial charge on any atom is -0.341 e. The third-order valence-electron chi connectivity index (χ3n) is 9.47. The smallest absolute Gasteiger partial charge is 0.335 e. The number of fused-ring (bicyclic) bond motifs is 1. The van der Waals surface area contributed by atoms with E-state index in [0.29, 0.717) is 36.1 Å². The number of nitrogens with zero attached hydrogens (tertiary/aromatic N) is 3. The lowest BCUT2D eigenvalue weighted by molar-refractivity contribution is -0.150. The van der Waals surface area contributed by atoms with Crippen LogP contribution in [0.4, 0.5) is 4.79 Å². The summed E-state index contributed by atoms with van der Waals surface area (Å²) in [5, 5.41) is 0. The zero-order chi connectivity index (χ0) is 21.3. The predicted octanol–water partition coefficient (Wildman–Crippen LogP) is 2.78. The number of carbonyl (C=O) groups is 4. The summed E-state index contributed by atoms with van der Waals surface area (Å²) < 4.78 is 0. The van der Waals surface area contributed by atoms with E-state index < -0.39 is 23.4 Å². The first-order valence-electron chi connectivity index (χ1n) is 12.4. The Labute approximate surface area is 183 Å². The first-order chi connectivity index (χ1) is 14.9. The van der Waals surface area contributed by atoms with Gasteiger partial charge in [0.25, 0.3) is 0 Å². The summed E-state index contributed by atoms with van der Waals surface area (Å²) in [6.45, 7) is 1.14. The summed E-state index contributed by atoms with van der Waals surface area (Å²) in [7, 11) is 0. The Kier molecular flexibility index (Phi) is 4.48. The van der Waals surface area contributed by atoms with Gasteiger partial charge in [-0.25, -0.2) is 14.6 Å². The van der Waals surface area contributed by atoms with Gasteiger partial charge in [-0.2, -0.15) is 0 Å². The Bertz CT molecular complexity index is 803. The van der Waals surface area contributed by atoms with Gasteiger partial charge in [0.15, 0.2) is 0 Å². The molecule has 31 heavy (non-hydrogen) atoms. The molecule has 0 aromatic heterocycles. The lowest BCUT2D eigenvalue weighted by atomic mass is 9.52. The second kappa shape index (κ2) is 7.04. The van der Waals surface area contributed by atoms with E-state index in [-0.39, 0.29) is 12.5 Å². The van der Waals surface area contributed by atoms with Crippen LogP contribution in [0.3, 0.4) is 0 Å². The first kappa shape index (κ1) is 19.7. The third kappa shape index (κ3) is 3.05. The molecular weight excluding hydrogens is 394 g/mol. The Morgan fingerprint density at radius 2 is 1.45 bits per heavy atom. The largest absolute Gasteiger partial charge is 0.341 e. The first-order valence-corrected chi connectivity index (χ1v) is 12.4. The zero-order valence-corrected chi connectivity index (χ0v) is 18.3. The normalized spacial score (nSPS) is 41.9. The van der Waals surface area contributed by atoms with E-state index in [4.69, 9.17) is 0 Å². The molecule has 0 unspecified atom stereocenters. The highest BCUT2D eigenvalue weighted by atomic mass is 16.2. The molecule has 0 aromatic rings. The predicted molar refractivity (Wildman–Crippen MR) is 112 cm³/mol. The van der Waals surface area contributed by atoms with Crippen molar-refractivity contribution < 1.29 is 19.2 Å². The summed E-state index contributed by atoms with van der Waals surface area (Å²) in [4.78, 5) is 56.2. The molecule has 7 rings (SSSR count). The molecule has 2 saturated heterocycles. The molecule has 0 aromatic carbocycles. The fraction of sp³-hybridized carbons (Fsp3) is 0.833. The number of rotatable bonds is 3. The van der Waals surface area contributed by atoms with Crippen LogP contribution >= 0.6 is 0 Å². The Morgan fingerprint density at radius 3 is 2.10 bits per heavy atom. The number of piperidine rings is 1. The fourth-order valence-electron chi connectivity index (χ4n) is 8.46. The Balaban J connectivity index is 1.17. The summed E-state index contributed by atoms with van der Waals surface area (Å²) >= 11 is 0. The standard InChI is InChI=1S/C24H33N3O4/c28-20(25-6-5-18-3-1-2-4-19(18)13-25)14-26-21(29)22(30)27(23(26)31)24-10-15-7-16(11-24)9-17(8-15)12-24/h15-19H,1-14H2/t15?,16?,17?,18-,19-,24?/m1/s1. The van der Waals surface area contributed by atoms with E-state index in [9.17, 15) is 19.2 Å². The number of hydrogen-bond donors (Lipinski definition) is 0. The number of carbonyl (C=O) groups excluding carboxylic acids is 4. The van der Waals surface area contributed by atoms with E-state index in [1.165, 1.54) is 43.4 Å². The maximum Gasteiger partial charge on any atom is 0.335 e. The Hall–Kier alpha value is -1.92. The number of imide groups is 2. The molecule has 0 N–H and O–H groups in total. The molecule has 7 fully saturated rings. The molecule has 5 amide bonds. The highest BCUT2D eigenvalue weighted by Crippen LogP contribution is 2.58. The van der Waals surface area contributed by atoms with Crippen LogP contribution in [-0.4, -0.2) is 63.6 Å². The number of amides is 5. The molecule has 2 heterocycles. The third-order valence-corrected chi connectivity index (χ3v) is 9.47. The van der Waals surface area contributed by atoms with Crippen molar-refractivity contribution in [3.05, 3.63) is 0 Å². The van der Waals surface area contributed by atoms with Crippen LogP contribution in [0, 0.1) is 29.6 Å². The van der Waals surface area contributed by atoms with Gasteiger partial charge in [0, 0.05) is 13.1 Å². The van der Waals surface area contributed by atoms with E-state index in [1.807, 2.05) is 4.90 Å². The van der Waals surface area contributed by atoms with Crippen LogP contribution < -0.4 is 0 Å². The highest BCUT2D eigenvalue weighted by Gasteiger charge is 2.61. The van der Waals surface area contributed by atoms with Gasteiger partial charge in [-0.3, -0.25) is 14.4 Å². The average Bonchev–Trinajstić information content (AvgIpc) is 2.96. The molecule has 7 aliphatic rings. The van der Waals surface area contributed by atoms with Crippen LogP contribution in [0.15, 0.2) is 0 Å². The van der Waals surface area contributed by atoms with Gasteiger partial charge in [0.05, 0.1) is 5.54 Å². The molecular formula is C24H33N3O4. The van der Waals surface area contributed by atoms with Crippen molar-refractivity contribution in [3.63, 3.8) is 0 Å². The van der Waals surface area contributed by atoms with E-state index in [2.05, 4.69) is 0 Å². The van der Waals surface area contributed by atoms with E-state index in [1.54, 1.807) is 0 Å². The van der Waals surface area contributed by atoms with Gasteiger partial charge in [-0.15, -0.1) is 0 Å². The van der Waals surface area contributed by atoms with Crippen molar-refractivity contribution in [3.8, 4) is 0 Å². The van der Waals surface area contributed by atoms with Gasteiger partial charge in [-0.05, 0) is 81.0 Å². The van der Waals surface area contributed by atoms with Crippen LogP contribution in [-0.2, 0) is 14.4 Å². The lowest BCUT2D eigenvalue weighted by Gasteiger charge is -2.58. The SMILES string of the molecule is O=C(CN1C(=O)C(=O)N(C23CC4CC(CC(C4)C2)C3)C1=O)N1CC[C@H]2CCCC[C@@H]2C1. The van der Waals surface area contributed by atoms with Gasteiger partial charge >= 0.3 is 17.8 Å². The van der Waals surface area contributed by atoms with Crippen LogP contribution in [0.25, 0.3) is 0 Å². The quantitative estimate of drug-likeness (QED) is 0.513. The Morgan fingerprint density at radius 1 is 0.839 bits per heavy atom. The topological polar surface area (TPSA) is 78.0 Å². The van der Waals surface area contributed by atoms with Crippen molar-refractivity contribution in [1.29, 1.82) is 0 Å². The van der Waals surface area contributed by atoms with Crippen molar-refractivity contribution >= 4 is 23.8 Å². The zero-order valence-electron chi connectivity index (χ0n) is 18.3. The molecule has 2 aliphatic heterocycles. The van der Waals surface area contributed by atoms with Crippen molar-refractivity contribution in [1.82, 2.24) is 14.7 Å². The molecule has 4 bridgehead atoms. The second-order valence-corrected chi connectivity index (χ2v) is 11.4. The molecule has 2 atom stereocenters. The summed E-state index contributed by atoms with van der Waals surface area (Å²) in [6.07, 6.45) is 12.0. The van der Waals surface area contributed by atoms with Gasteiger partial charge in [0.1, 0.15) is 6.54 Å². The molecule has 0 radical (unpaired) electrons. The van der Waals surface area contributed by atoms with E-state index in [0.717, 1.165) is 43.5 Å². The van der Waals surface area contributed by atoms with Crippen molar-refractivity contribution in [2.45, 2.75) is 76.2 Å². The lowest BCUT2D eigenvalue weighted by Crippen LogP contribution is -2.62. The monoisotopic (exact) mass is 427 g/mol. The molecule has 7 nitrogen and oxygen atoms in total. The fourth-order valence-corrected chi connectivity index (χ4v) is 8.46. The molecule has 0 spiro atoms. The van der Waals surface area contributed by atoms with Crippen molar-refractivity contribution in [2.24, 2.45) is 29.6 Å². The molecule has 5 saturated carbocycles. The van der Waals surface area contributed by atoms with Crippen LogP contribution in [0.2, 0.25) is 0 Å².